The van der Waals surface area contributed by atoms with Crippen molar-refractivity contribution in [2.75, 3.05) is 0 Å². The highest BCUT2D eigenvalue weighted by Gasteiger charge is 2.16. The lowest BCUT2D eigenvalue weighted by Gasteiger charge is -2.11. The zero-order valence-electron chi connectivity index (χ0n) is 14.2. The number of benzene rings is 2. The normalized spacial score (nSPS) is 10.2. The first-order chi connectivity index (χ1) is 13.5. The molecule has 3 nitrogen and oxygen atoms in total. The van der Waals surface area contributed by atoms with E-state index in [0.29, 0.717) is 19.2 Å². The molecule has 28 heavy (non-hydrogen) atoms. The van der Waals surface area contributed by atoms with Crippen LogP contribution in [-0.4, -0.2) is 5.91 Å². The van der Waals surface area contributed by atoms with E-state index in [0.717, 1.165) is 9.79 Å². The molecule has 1 N–H and O–H groups in total. The molecule has 3 rings (SSSR count). The maximum atomic E-state index is 12.4. The molecule has 0 aliphatic carbocycles. The molecule has 0 aliphatic heterocycles. The van der Waals surface area contributed by atoms with Crippen molar-refractivity contribution in [1.29, 1.82) is 5.26 Å². The number of rotatable bonds is 6. The lowest BCUT2D eigenvalue weighted by Crippen LogP contribution is -2.21. The van der Waals surface area contributed by atoms with E-state index in [-0.39, 0.29) is 11.6 Å². The Labute approximate surface area is 185 Å². The van der Waals surface area contributed by atoms with E-state index in [4.69, 9.17) is 23.2 Å². The van der Waals surface area contributed by atoms with Crippen molar-refractivity contribution < 1.29 is 4.79 Å². The summed E-state index contributed by atoms with van der Waals surface area (Å²) in [5, 5.41) is 15.5. The second-order valence-electron chi connectivity index (χ2n) is 5.32. The van der Waals surface area contributed by atoms with Gasteiger partial charge in [0, 0.05) is 19.8 Å². The number of nitriles is 1. The Morgan fingerprint density at radius 3 is 1.89 bits per heavy atom. The Bertz CT molecular complexity index is 975. The molecule has 1 heterocycles. The summed E-state index contributed by atoms with van der Waals surface area (Å²) in [5.74, 6) is -0.308. The minimum Gasteiger partial charge on any atom is -0.311 e. The minimum absolute atomic E-state index is 0.193. The first kappa shape index (κ1) is 20.8. The molecule has 0 aliphatic rings. The molecule has 1 aromatic heterocycles. The summed E-state index contributed by atoms with van der Waals surface area (Å²) in [5.41, 5.74) is 0.193. The molecule has 0 saturated heterocycles. The van der Waals surface area contributed by atoms with Gasteiger partial charge in [-0.1, -0.05) is 52.8 Å². The van der Waals surface area contributed by atoms with Crippen LogP contribution in [0.3, 0.4) is 0 Å². The van der Waals surface area contributed by atoms with Crippen LogP contribution < -0.4 is 5.32 Å². The van der Waals surface area contributed by atoms with Crippen molar-refractivity contribution in [2.24, 2.45) is 0 Å². The largest absolute Gasteiger partial charge is 0.311 e. The van der Waals surface area contributed by atoms with Crippen molar-refractivity contribution >= 4 is 64.0 Å². The zero-order valence-corrected chi connectivity index (χ0v) is 18.1. The molecule has 8 heteroatoms. The van der Waals surface area contributed by atoms with Gasteiger partial charge < -0.3 is 5.32 Å². The van der Waals surface area contributed by atoms with E-state index in [1.54, 1.807) is 36.4 Å². The van der Waals surface area contributed by atoms with Crippen LogP contribution in [-0.2, 0) is 0 Å². The molecule has 1 amide bonds. The predicted molar refractivity (Wildman–Crippen MR) is 119 cm³/mol. The smallest absolute Gasteiger partial charge is 0.266 e. The molecular weight excluding hydrogens is 451 g/mol. The second kappa shape index (κ2) is 10.1. The number of allylic oxidation sites excluding steroid dienone is 1. The SMILES string of the molecule is N#CC(NC(=O)c1cccs1)=C(Sc1ccc(Cl)cc1)Sc1ccc(Cl)cc1. The first-order valence-electron chi connectivity index (χ1n) is 7.91. The number of thiophene rings is 1. The number of hydrogen-bond donors (Lipinski definition) is 1. The van der Waals surface area contributed by atoms with Gasteiger partial charge in [-0.3, -0.25) is 4.79 Å². The van der Waals surface area contributed by atoms with Crippen LogP contribution in [0.25, 0.3) is 0 Å². The van der Waals surface area contributed by atoms with Crippen LogP contribution in [0.1, 0.15) is 9.67 Å². The lowest BCUT2D eigenvalue weighted by molar-refractivity contribution is 0.0971. The number of carbonyl (C=O) groups excluding carboxylic acids is 1. The van der Waals surface area contributed by atoms with Crippen molar-refractivity contribution in [3.8, 4) is 6.07 Å². The van der Waals surface area contributed by atoms with Crippen LogP contribution in [0.15, 0.2) is 85.8 Å². The van der Waals surface area contributed by atoms with Gasteiger partial charge in [0.25, 0.3) is 5.91 Å². The van der Waals surface area contributed by atoms with Gasteiger partial charge in [-0.15, -0.1) is 11.3 Å². The first-order valence-corrected chi connectivity index (χ1v) is 11.2. The van der Waals surface area contributed by atoms with Crippen LogP contribution >= 0.6 is 58.1 Å². The number of halogens is 2. The second-order valence-corrected chi connectivity index (χ2v) is 9.56. The van der Waals surface area contributed by atoms with E-state index in [9.17, 15) is 10.1 Å². The van der Waals surface area contributed by atoms with E-state index < -0.39 is 0 Å². The van der Waals surface area contributed by atoms with Gasteiger partial charge in [-0.2, -0.15) is 5.26 Å². The molecular formula is C20H12Cl2N2OS3. The topological polar surface area (TPSA) is 52.9 Å². The molecule has 140 valence electrons. The summed E-state index contributed by atoms with van der Waals surface area (Å²) in [6.45, 7) is 0. The highest BCUT2D eigenvalue weighted by molar-refractivity contribution is 8.22. The van der Waals surface area contributed by atoms with E-state index in [2.05, 4.69) is 11.4 Å². The predicted octanol–water partition coefficient (Wildman–Crippen LogP) is 7.06. The fraction of sp³-hybridized carbons (Fsp3) is 0. The lowest BCUT2D eigenvalue weighted by atomic mass is 10.4. The Morgan fingerprint density at radius 2 is 1.46 bits per heavy atom. The van der Waals surface area contributed by atoms with Crippen LogP contribution in [0.5, 0.6) is 0 Å². The van der Waals surface area contributed by atoms with Gasteiger partial charge >= 0.3 is 0 Å². The molecule has 2 aromatic carbocycles. The van der Waals surface area contributed by atoms with Gasteiger partial charge in [-0.05, 0) is 60.0 Å². The maximum Gasteiger partial charge on any atom is 0.266 e. The number of carbonyl (C=O) groups is 1. The quantitative estimate of drug-likeness (QED) is 0.314. The number of thioether (sulfide) groups is 2. The van der Waals surface area contributed by atoms with Gasteiger partial charge in [0.1, 0.15) is 11.8 Å². The summed E-state index contributed by atoms with van der Waals surface area (Å²) in [7, 11) is 0. The molecule has 0 saturated carbocycles. The van der Waals surface area contributed by atoms with E-state index >= 15 is 0 Å². The number of nitrogens with zero attached hydrogens (tertiary/aromatic N) is 1. The van der Waals surface area contributed by atoms with Crippen LogP contribution in [0, 0.1) is 11.3 Å². The third kappa shape index (κ3) is 5.81. The van der Waals surface area contributed by atoms with Crippen LogP contribution in [0.2, 0.25) is 10.0 Å². The fourth-order valence-electron chi connectivity index (χ4n) is 2.05. The number of amides is 1. The fourth-order valence-corrected chi connectivity index (χ4v) is 5.03. The van der Waals surface area contributed by atoms with Crippen molar-refractivity contribution in [2.45, 2.75) is 9.79 Å². The monoisotopic (exact) mass is 462 g/mol. The Kier molecular flexibility index (Phi) is 7.49. The molecule has 3 aromatic rings. The molecule has 0 spiro atoms. The average molecular weight is 463 g/mol. The summed E-state index contributed by atoms with van der Waals surface area (Å²) in [6.07, 6.45) is 0. The summed E-state index contributed by atoms with van der Waals surface area (Å²) >= 11 is 16.0. The van der Waals surface area contributed by atoms with Gasteiger partial charge in [0.15, 0.2) is 0 Å². The minimum atomic E-state index is -0.308. The van der Waals surface area contributed by atoms with Gasteiger partial charge in [0.05, 0.1) is 9.11 Å². The Balaban J connectivity index is 1.92. The summed E-state index contributed by atoms with van der Waals surface area (Å²) in [6, 6.07) is 20.2. The summed E-state index contributed by atoms with van der Waals surface area (Å²) in [4.78, 5) is 14.8. The van der Waals surface area contributed by atoms with Gasteiger partial charge in [0.2, 0.25) is 0 Å². The molecule has 0 radical (unpaired) electrons. The summed E-state index contributed by atoms with van der Waals surface area (Å²) < 4.78 is 0.650. The maximum absolute atomic E-state index is 12.4. The third-order valence-corrected chi connectivity index (χ3v) is 7.02. The van der Waals surface area contributed by atoms with Crippen molar-refractivity contribution in [3.05, 3.63) is 90.9 Å². The van der Waals surface area contributed by atoms with Crippen molar-refractivity contribution in [3.63, 3.8) is 0 Å². The number of nitrogens with one attached hydrogen (secondary N) is 1. The highest BCUT2D eigenvalue weighted by atomic mass is 35.5. The van der Waals surface area contributed by atoms with E-state index in [1.807, 2.05) is 29.6 Å². The molecule has 0 atom stereocenters. The van der Waals surface area contributed by atoms with E-state index in [1.165, 1.54) is 34.9 Å². The third-order valence-electron chi connectivity index (χ3n) is 3.35. The molecule has 0 unspecified atom stereocenters. The average Bonchev–Trinajstić information content (AvgIpc) is 3.24. The zero-order chi connectivity index (χ0) is 19.9. The Hall–Kier alpha value is -1.88. The molecule has 0 bridgehead atoms. The van der Waals surface area contributed by atoms with Crippen molar-refractivity contribution in [1.82, 2.24) is 5.32 Å². The van der Waals surface area contributed by atoms with Gasteiger partial charge in [-0.25, -0.2) is 0 Å². The standard InChI is InChI=1S/C20H12Cl2N2OS3/c21-13-3-7-15(8-4-13)27-20(28-16-9-5-14(22)6-10-16)17(12-23)24-19(25)18-2-1-11-26-18/h1-11H,(H,24,25). The Morgan fingerprint density at radius 1 is 0.929 bits per heavy atom. The van der Waals surface area contributed by atoms with Crippen LogP contribution in [0.4, 0.5) is 0 Å². The highest BCUT2D eigenvalue weighted by Crippen LogP contribution is 2.41. The number of hydrogen-bond acceptors (Lipinski definition) is 5. The molecule has 0 fully saturated rings.